The molecule has 0 radical (unpaired) electrons. The lowest BCUT2D eigenvalue weighted by Crippen LogP contribution is -2.36. The van der Waals surface area contributed by atoms with Gasteiger partial charge in [0.25, 0.3) is 0 Å². The normalized spacial score (nSPS) is 21.4. The molecule has 0 saturated carbocycles. The molecule has 2 rings (SSSR count). The van der Waals surface area contributed by atoms with Gasteiger partial charge in [0.2, 0.25) is 0 Å². The second-order valence-corrected chi connectivity index (χ2v) is 6.18. The molecule has 0 spiro atoms. The van der Waals surface area contributed by atoms with Crippen LogP contribution in [0.4, 0.5) is 0 Å². The minimum absolute atomic E-state index is 0.651. The van der Waals surface area contributed by atoms with Gasteiger partial charge in [-0.05, 0) is 47.7 Å². The summed E-state index contributed by atoms with van der Waals surface area (Å²) in [5.41, 5.74) is 2.43. The zero-order valence-electron chi connectivity index (χ0n) is 11.1. The highest BCUT2D eigenvalue weighted by Crippen LogP contribution is 2.25. The van der Waals surface area contributed by atoms with Crippen LogP contribution in [-0.2, 0) is 20.0 Å². The highest BCUT2D eigenvalue weighted by atomic mass is 79.9. The molecule has 0 amide bonds. The van der Waals surface area contributed by atoms with Crippen LogP contribution in [0.2, 0.25) is 0 Å². The van der Waals surface area contributed by atoms with Crippen molar-refractivity contribution in [3.8, 4) is 0 Å². The maximum Gasteiger partial charge on any atom is 0.0767 e. The van der Waals surface area contributed by atoms with Crippen LogP contribution in [-0.4, -0.2) is 33.6 Å². The van der Waals surface area contributed by atoms with Crippen molar-refractivity contribution in [1.29, 1.82) is 0 Å². The van der Waals surface area contributed by atoms with E-state index in [0.717, 1.165) is 31.1 Å². The summed E-state index contributed by atoms with van der Waals surface area (Å²) in [5, 5.41) is 4.55. The second-order valence-electron chi connectivity index (χ2n) is 5.08. The standard InChI is InChI=1S/C13H21BrClN3/c1-3-11-13(14)12(17(2)16-11)9-18-6-4-5-10(7-15)8-18/h10H,3-9H2,1-2H3. The molecule has 1 saturated heterocycles. The summed E-state index contributed by atoms with van der Waals surface area (Å²) < 4.78 is 3.19. The first kappa shape index (κ1) is 14.4. The van der Waals surface area contributed by atoms with E-state index in [2.05, 4.69) is 32.9 Å². The Morgan fingerprint density at radius 1 is 1.50 bits per heavy atom. The second kappa shape index (κ2) is 6.40. The number of hydrogen-bond acceptors (Lipinski definition) is 2. The zero-order chi connectivity index (χ0) is 13.1. The number of alkyl halides is 1. The van der Waals surface area contributed by atoms with Gasteiger partial charge in [-0.15, -0.1) is 11.6 Å². The molecule has 1 aliphatic rings. The molecular formula is C13H21BrClN3. The Labute approximate surface area is 123 Å². The van der Waals surface area contributed by atoms with Gasteiger partial charge in [0.15, 0.2) is 0 Å². The highest BCUT2D eigenvalue weighted by molar-refractivity contribution is 9.10. The van der Waals surface area contributed by atoms with E-state index in [4.69, 9.17) is 11.6 Å². The van der Waals surface area contributed by atoms with E-state index in [1.807, 2.05) is 11.7 Å². The third kappa shape index (κ3) is 3.09. The first-order valence-electron chi connectivity index (χ1n) is 6.64. The number of piperidine rings is 1. The van der Waals surface area contributed by atoms with Crippen molar-refractivity contribution in [3.05, 3.63) is 15.9 Å². The van der Waals surface area contributed by atoms with Gasteiger partial charge in [-0.25, -0.2) is 0 Å². The van der Waals surface area contributed by atoms with Crippen LogP contribution in [0.3, 0.4) is 0 Å². The molecule has 1 aromatic heterocycles. The Kier molecular flexibility index (Phi) is 5.10. The van der Waals surface area contributed by atoms with Crippen LogP contribution < -0.4 is 0 Å². The van der Waals surface area contributed by atoms with E-state index in [9.17, 15) is 0 Å². The summed E-state index contributed by atoms with van der Waals surface area (Å²) in [6, 6.07) is 0. The van der Waals surface area contributed by atoms with Crippen LogP contribution in [0, 0.1) is 5.92 Å². The number of aryl methyl sites for hydroxylation is 2. The van der Waals surface area contributed by atoms with Crippen LogP contribution in [0.15, 0.2) is 4.47 Å². The van der Waals surface area contributed by atoms with Gasteiger partial charge < -0.3 is 0 Å². The Bertz CT molecular complexity index is 405. The monoisotopic (exact) mass is 333 g/mol. The molecule has 1 fully saturated rings. The van der Waals surface area contributed by atoms with Crippen molar-refractivity contribution in [2.24, 2.45) is 13.0 Å². The maximum atomic E-state index is 5.98. The zero-order valence-corrected chi connectivity index (χ0v) is 13.5. The number of hydrogen-bond donors (Lipinski definition) is 0. The van der Waals surface area contributed by atoms with Gasteiger partial charge in [-0.2, -0.15) is 5.10 Å². The molecule has 2 heterocycles. The summed E-state index contributed by atoms with van der Waals surface area (Å²) in [6.45, 7) is 5.40. The Balaban J connectivity index is 2.07. The smallest absolute Gasteiger partial charge is 0.0767 e. The van der Waals surface area contributed by atoms with E-state index in [0.29, 0.717) is 5.92 Å². The molecule has 0 bridgehead atoms. The van der Waals surface area contributed by atoms with E-state index in [1.165, 1.54) is 29.6 Å². The lowest BCUT2D eigenvalue weighted by atomic mass is 10.00. The molecular weight excluding hydrogens is 314 g/mol. The van der Waals surface area contributed by atoms with Crippen molar-refractivity contribution in [2.45, 2.75) is 32.7 Å². The molecule has 5 heteroatoms. The average molecular weight is 335 g/mol. The van der Waals surface area contributed by atoms with E-state index in [1.54, 1.807) is 0 Å². The molecule has 3 nitrogen and oxygen atoms in total. The fraction of sp³-hybridized carbons (Fsp3) is 0.769. The summed E-state index contributed by atoms with van der Waals surface area (Å²) in [6.07, 6.45) is 3.50. The number of rotatable bonds is 4. The predicted molar refractivity (Wildman–Crippen MR) is 79.0 cm³/mol. The predicted octanol–water partition coefficient (Wildman–Crippen LogP) is 3.20. The Morgan fingerprint density at radius 3 is 2.89 bits per heavy atom. The molecule has 0 aromatic carbocycles. The van der Waals surface area contributed by atoms with Crippen molar-refractivity contribution >= 4 is 27.5 Å². The van der Waals surface area contributed by atoms with E-state index in [-0.39, 0.29) is 0 Å². The fourth-order valence-electron chi connectivity index (χ4n) is 2.62. The lowest BCUT2D eigenvalue weighted by Gasteiger charge is -2.31. The van der Waals surface area contributed by atoms with Crippen LogP contribution in [0.1, 0.15) is 31.2 Å². The first-order valence-corrected chi connectivity index (χ1v) is 7.97. The lowest BCUT2D eigenvalue weighted by molar-refractivity contribution is 0.174. The maximum absolute atomic E-state index is 5.98. The number of aromatic nitrogens is 2. The summed E-state index contributed by atoms with van der Waals surface area (Å²) in [4.78, 5) is 2.50. The molecule has 1 atom stereocenters. The van der Waals surface area contributed by atoms with Crippen molar-refractivity contribution in [1.82, 2.24) is 14.7 Å². The SMILES string of the molecule is CCc1nn(C)c(CN2CCCC(CCl)C2)c1Br. The van der Waals surface area contributed by atoms with Crippen molar-refractivity contribution in [3.63, 3.8) is 0 Å². The topological polar surface area (TPSA) is 21.1 Å². The van der Waals surface area contributed by atoms with Gasteiger partial charge in [0, 0.05) is 26.0 Å². The van der Waals surface area contributed by atoms with Gasteiger partial charge in [-0.3, -0.25) is 9.58 Å². The van der Waals surface area contributed by atoms with Crippen LogP contribution in [0.25, 0.3) is 0 Å². The third-order valence-electron chi connectivity index (χ3n) is 3.70. The Morgan fingerprint density at radius 2 is 2.28 bits per heavy atom. The molecule has 0 aliphatic carbocycles. The average Bonchev–Trinajstić information content (AvgIpc) is 2.66. The van der Waals surface area contributed by atoms with Gasteiger partial charge in [0.05, 0.1) is 15.9 Å². The Hall–Kier alpha value is -0.0600. The van der Waals surface area contributed by atoms with Crippen molar-refractivity contribution in [2.75, 3.05) is 19.0 Å². The minimum Gasteiger partial charge on any atom is -0.297 e. The molecule has 0 N–H and O–H groups in total. The summed E-state index contributed by atoms with van der Waals surface area (Å²) >= 11 is 9.67. The number of halogens is 2. The molecule has 1 aromatic rings. The highest BCUT2D eigenvalue weighted by Gasteiger charge is 2.22. The fourth-order valence-corrected chi connectivity index (χ4v) is 3.62. The van der Waals surface area contributed by atoms with Crippen LogP contribution in [0.5, 0.6) is 0 Å². The summed E-state index contributed by atoms with van der Waals surface area (Å²) in [5.74, 6) is 1.43. The molecule has 102 valence electrons. The van der Waals surface area contributed by atoms with Gasteiger partial charge in [-0.1, -0.05) is 6.92 Å². The van der Waals surface area contributed by atoms with Gasteiger partial charge in [0.1, 0.15) is 0 Å². The quantitative estimate of drug-likeness (QED) is 0.789. The van der Waals surface area contributed by atoms with E-state index < -0.39 is 0 Å². The minimum atomic E-state index is 0.651. The van der Waals surface area contributed by atoms with E-state index >= 15 is 0 Å². The molecule has 1 unspecified atom stereocenters. The summed E-state index contributed by atoms with van der Waals surface area (Å²) in [7, 11) is 2.03. The molecule has 18 heavy (non-hydrogen) atoms. The van der Waals surface area contributed by atoms with Gasteiger partial charge >= 0.3 is 0 Å². The van der Waals surface area contributed by atoms with Crippen LogP contribution >= 0.6 is 27.5 Å². The molecule has 1 aliphatic heterocycles. The number of nitrogens with zero attached hydrogens (tertiary/aromatic N) is 3. The van der Waals surface area contributed by atoms with Crippen molar-refractivity contribution < 1.29 is 0 Å². The largest absolute Gasteiger partial charge is 0.297 e. The first-order chi connectivity index (χ1) is 8.65. The number of likely N-dealkylation sites (tertiary alicyclic amines) is 1. The third-order valence-corrected chi connectivity index (χ3v) is 5.05.